The van der Waals surface area contributed by atoms with Crippen molar-refractivity contribution in [1.29, 1.82) is 0 Å². The Hall–Kier alpha value is -1.31. The van der Waals surface area contributed by atoms with Crippen LogP contribution < -0.4 is 0 Å². The Labute approximate surface area is 128 Å². The maximum atomic E-state index is 12.6. The molecule has 2 aromatic rings. The number of thiophene rings is 1. The molecule has 21 heavy (non-hydrogen) atoms. The summed E-state index contributed by atoms with van der Waals surface area (Å²) in [6, 6.07) is 3.43. The summed E-state index contributed by atoms with van der Waals surface area (Å²) >= 11 is 1.27. The minimum atomic E-state index is -3.37. The van der Waals surface area contributed by atoms with E-state index in [0.717, 1.165) is 24.2 Å². The lowest BCUT2D eigenvalue weighted by molar-refractivity contribution is 0.312. The van der Waals surface area contributed by atoms with Crippen LogP contribution in [0.2, 0.25) is 0 Å². The molecule has 1 saturated heterocycles. The number of aryl methyl sites for hydroxylation is 1. The number of aromatic nitrogens is 2. The topological polar surface area (TPSA) is 63.2 Å². The van der Waals surface area contributed by atoms with Gasteiger partial charge in [0.15, 0.2) is 0 Å². The Morgan fingerprint density at radius 2 is 2.24 bits per heavy atom. The Morgan fingerprint density at radius 1 is 1.38 bits per heavy atom. The molecule has 1 aliphatic heterocycles. The molecule has 3 heterocycles. The van der Waals surface area contributed by atoms with Crippen LogP contribution in [0.5, 0.6) is 0 Å². The van der Waals surface area contributed by atoms with Crippen molar-refractivity contribution in [1.82, 2.24) is 14.3 Å². The molecule has 0 amide bonds. The van der Waals surface area contributed by atoms with Crippen LogP contribution in [-0.2, 0) is 10.0 Å². The van der Waals surface area contributed by atoms with Crippen LogP contribution in [0.25, 0.3) is 0 Å². The normalized spacial score (nSPS) is 20.5. The van der Waals surface area contributed by atoms with Gasteiger partial charge in [-0.3, -0.25) is 9.97 Å². The van der Waals surface area contributed by atoms with Crippen LogP contribution in [-0.4, -0.2) is 35.8 Å². The summed E-state index contributed by atoms with van der Waals surface area (Å²) in [7, 11) is -3.37. The van der Waals surface area contributed by atoms with Gasteiger partial charge >= 0.3 is 0 Å². The van der Waals surface area contributed by atoms with Crippen molar-refractivity contribution >= 4 is 21.4 Å². The van der Waals surface area contributed by atoms with Crippen LogP contribution in [0.1, 0.15) is 30.1 Å². The predicted octanol–water partition coefficient (Wildman–Crippen LogP) is 2.41. The van der Waals surface area contributed by atoms with Crippen molar-refractivity contribution in [2.45, 2.75) is 29.9 Å². The van der Waals surface area contributed by atoms with Gasteiger partial charge in [0, 0.05) is 31.4 Å². The van der Waals surface area contributed by atoms with Crippen LogP contribution in [0, 0.1) is 6.92 Å². The first kappa shape index (κ1) is 14.6. The summed E-state index contributed by atoms with van der Waals surface area (Å²) in [4.78, 5) is 8.66. The summed E-state index contributed by atoms with van der Waals surface area (Å²) in [6.07, 6.45) is 5.27. The third-order valence-electron chi connectivity index (χ3n) is 3.67. The third-order valence-corrected chi connectivity index (χ3v) is 6.90. The lowest BCUT2D eigenvalue weighted by Gasteiger charge is -2.31. The van der Waals surface area contributed by atoms with E-state index in [9.17, 15) is 8.42 Å². The van der Waals surface area contributed by atoms with Crippen LogP contribution in [0.4, 0.5) is 0 Å². The summed E-state index contributed by atoms with van der Waals surface area (Å²) in [5, 5.41) is 1.79. The number of nitrogens with zero attached hydrogens (tertiary/aromatic N) is 3. The van der Waals surface area contributed by atoms with Gasteiger partial charge in [0.25, 0.3) is 10.0 Å². The number of hydrogen-bond donors (Lipinski definition) is 0. The first-order valence-corrected chi connectivity index (χ1v) is 9.21. The first-order chi connectivity index (χ1) is 10.1. The van der Waals surface area contributed by atoms with Gasteiger partial charge in [0.2, 0.25) is 0 Å². The zero-order valence-electron chi connectivity index (χ0n) is 11.8. The number of sulfonamides is 1. The van der Waals surface area contributed by atoms with Gasteiger partial charge in [0.1, 0.15) is 4.21 Å². The number of rotatable bonds is 3. The maximum absolute atomic E-state index is 12.6. The summed E-state index contributed by atoms with van der Waals surface area (Å²) < 4.78 is 27.2. The molecule has 7 heteroatoms. The quantitative estimate of drug-likeness (QED) is 0.870. The van der Waals surface area contributed by atoms with Crippen LogP contribution in [0.15, 0.2) is 34.1 Å². The molecule has 0 radical (unpaired) electrons. The fourth-order valence-electron chi connectivity index (χ4n) is 2.62. The van der Waals surface area contributed by atoms with Gasteiger partial charge in [-0.25, -0.2) is 8.42 Å². The van der Waals surface area contributed by atoms with E-state index < -0.39 is 10.0 Å². The van der Waals surface area contributed by atoms with E-state index in [1.54, 1.807) is 34.2 Å². The molecule has 3 rings (SSSR count). The molecule has 0 N–H and O–H groups in total. The molecule has 5 nitrogen and oxygen atoms in total. The van der Waals surface area contributed by atoms with E-state index in [-0.39, 0.29) is 5.92 Å². The summed E-state index contributed by atoms with van der Waals surface area (Å²) in [5.74, 6) is 0.126. The van der Waals surface area contributed by atoms with Gasteiger partial charge in [0.05, 0.1) is 11.4 Å². The highest BCUT2D eigenvalue weighted by Gasteiger charge is 2.32. The van der Waals surface area contributed by atoms with Gasteiger partial charge in [-0.05, 0) is 31.2 Å². The molecule has 1 atom stereocenters. The Bertz CT molecular complexity index is 714. The van der Waals surface area contributed by atoms with E-state index in [1.165, 1.54) is 11.3 Å². The monoisotopic (exact) mass is 323 g/mol. The van der Waals surface area contributed by atoms with Gasteiger partial charge in [-0.15, -0.1) is 11.3 Å². The molecule has 0 bridgehead atoms. The summed E-state index contributed by atoms with van der Waals surface area (Å²) in [5.41, 5.74) is 1.76. The first-order valence-electron chi connectivity index (χ1n) is 6.89. The van der Waals surface area contributed by atoms with E-state index >= 15 is 0 Å². The Kier molecular flexibility index (Phi) is 4.05. The second-order valence-electron chi connectivity index (χ2n) is 5.22. The van der Waals surface area contributed by atoms with E-state index in [4.69, 9.17) is 0 Å². The Morgan fingerprint density at radius 3 is 2.95 bits per heavy atom. The van der Waals surface area contributed by atoms with Crippen LogP contribution >= 0.6 is 11.3 Å². The average Bonchev–Trinajstić information content (AvgIpc) is 3.02. The van der Waals surface area contributed by atoms with Gasteiger partial charge in [-0.2, -0.15) is 4.31 Å². The number of hydrogen-bond acceptors (Lipinski definition) is 5. The SMILES string of the molecule is Cc1cncc([C@H]2CCCN(S(=O)(=O)c3cccs3)C2)n1. The second kappa shape index (κ2) is 5.82. The molecule has 0 aliphatic carbocycles. The lowest BCUT2D eigenvalue weighted by Crippen LogP contribution is -2.39. The third kappa shape index (κ3) is 3.00. The average molecular weight is 323 g/mol. The van der Waals surface area contributed by atoms with Crippen LogP contribution in [0.3, 0.4) is 0 Å². The minimum absolute atomic E-state index is 0.126. The molecule has 112 valence electrons. The highest BCUT2D eigenvalue weighted by molar-refractivity contribution is 7.91. The van der Waals surface area contributed by atoms with Gasteiger partial charge in [-0.1, -0.05) is 6.07 Å². The smallest absolute Gasteiger partial charge is 0.252 e. The standard InChI is InChI=1S/C14H17N3O2S2/c1-11-8-15-9-13(16-11)12-4-2-6-17(10-12)21(18,19)14-5-3-7-20-14/h3,5,7-9,12H,2,4,6,10H2,1H3/t12-/m0/s1. The fraction of sp³-hybridized carbons (Fsp3) is 0.429. The van der Waals surface area contributed by atoms with Crippen molar-refractivity contribution in [2.24, 2.45) is 0 Å². The second-order valence-corrected chi connectivity index (χ2v) is 8.33. The molecular formula is C14H17N3O2S2. The molecule has 0 saturated carbocycles. The minimum Gasteiger partial charge on any atom is -0.261 e. The zero-order valence-corrected chi connectivity index (χ0v) is 13.4. The van der Waals surface area contributed by atoms with E-state index in [2.05, 4.69) is 9.97 Å². The van der Waals surface area contributed by atoms with E-state index in [1.807, 2.05) is 6.92 Å². The molecule has 1 fully saturated rings. The van der Waals surface area contributed by atoms with Crippen molar-refractivity contribution in [3.8, 4) is 0 Å². The molecule has 1 aliphatic rings. The highest BCUT2D eigenvalue weighted by atomic mass is 32.2. The molecule has 0 spiro atoms. The predicted molar refractivity (Wildman–Crippen MR) is 81.8 cm³/mol. The lowest BCUT2D eigenvalue weighted by atomic mass is 9.96. The summed E-state index contributed by atoms with van der Waals surface area (Å²) in [6.45, 7) is 2.97. The molecule has 0 unspecified atom stereocenters. The van der Waals surface area contributed by atoms with Crippen molar-refractivity contribution in [3.05, 3.63) is 41.3 Å². The Balaban J connectivity index is 1.83. The maximum Gasteiger partial charge on any atom is 0.252 e. The largest absolute Gasteiger partial charge is 0.261 e. The van der Waals surface area contributed by atoms with Crippen molar-refractivity contribution < 1.29 is 8.42 Å². The molecule has 2 aromatic heterocycles. The fourth-order valence-corrected chi connectivity index (χ4v) is 5.29. The highest BCUT2D eigenvalue weighted by Crippen LogP contribution is 2.30. The van der Waals surface area contributed by atoms with Crippen molar-refractivity contribution in [3.63, 3.8) is 0 Å². The molecular weight excluding hydrogens is 306 g/mol. The van der Waals surface area contributed by atoms with Crippen molar-refractivity contribution in [2.75, 3.05) is 13.1 Å². The zero-order chi connectivity index (χ0) is 14.9. The number of piperidine rings is 1. The molecule has 0 aromatic carbocycles. The van der Waals surface area contributed by atoms with E-state index in [0.29, 0.717) is 17.3 Å². The van der Waals surface area contributed by atoms with Gasteiger partial charge < -0.3 is 0 Å².